The van der Waals surface area contributed by atoms with Gasteiger partial charge in [0, 0.05) is 4.66 Å². The number of carbonyl (C=O) groups is 1. The van der Waals surface area contributed by atoms with Crippen LogP contribution in [0, 0.1) is 0 Å². The van der Waals surface area contributed by atoms with Crippen LogP contribution in [0.1, 0.15) is 5.56 Å². The Labute approximate surface area is 155 Å². The maximum Gasteiger partial charge on any atom is 0.320 e. The topological polar surface area (TPSA) is 83.5 Å². The van der Waals surface area contributed by atoms with Gasteiger partial charge in [0.2, 0.25) is 0 Å². The van der Waals surface area contributed by atoms with Gasteiger partial charge in [0.05, 0.1) is 24.2 Å². The molecule has 1 atom stereocenters. The summed E-state index contributed by atoms with van der Waals surface area (Å²) in [5.41, 5.74) is 7.99. The van der Waals surface area contributed by atoms with E-state index < -0.39 is 40.0 Å². The van der Waals surface area contributed by atoms with E-state index in [4.69, 9.17) is 5.73 Å². The first-order valence-corrected chi connectivity index (χ1v) is 19.3. The van der Waals surface area contributed by atoms with Crippen molar-refractivity contribution in [2.75, 3.05) is 0 Å². The molecule has 25 heavy (non-hydrogen) atoms. The Bertz CT molecular complexity index is 626. The number of rotatable bonds is 6. The van der Waals surface area contributed by atoms with Crippen molar-refractivity contribution in [2.24, 2.45) is 5.73 Å². The minimum atomic E-state index is -2.34. The monoisotopic (exact) mass is 397 g/mol. The molecule has 0 radical (unpaired) electrons. The standard InChI is InChI=1S/C18H35NO3Si3/c1-23(2,3)17(19,16(21)22)18(24(4,5)6,25(7,8)9)14-10-12-15(20)13-11-14/h10-13,20H,19H2,1-9H3,(H,21,22)/t17-/m0/s1. The van der Waals surface area contributed by atoms with Gasteiger partial charge in [-0.15, -0.1) is 0 Å². The lowest BCUT2D eigenvalue weighted by atomic mass is 10.0. The number of carboxylic acid groups (broad SMARTS) is 1. The number of hydrogen-bond acceptors (Lipinski definition) is 3. The zero-order valence-electron chi connectivity index (χ0n) is 17.2. The molecule has 0 aromatic heterocycles. The molecule has 0 unspecified atom stereocenters. The highest BCUT2D eigenvalue weighted by Crippen LogP contribution is 2.52. The second-order valence-electron chi connectivity index (χ2n) is 10.2. The molecule has 4 N–H and O–H groups in total. The maximum absolute atomic E-state index is 12.8. The summed E-state index contributed by atoms with van der Waals surface area (Å²) in [6, 6.07) is 7.13. The van der Waals surface area contributed by atoms with Gasteiger partial charge in [-0.2, -0.15) is 0 Å². The summed E-state index contributed by atoms with van der Waals surface area (Å²) < 4.78 is -0.572. The van der Waals surface area contributed by atoms with Crippen LogP contribution in [0.3, 0.4) is 0 Å². The second kappa shape index (κ2) is 6.37. The van der Waals surface area contributed by atoms with Crippen LogP contribution < -0.4 is 5.73 Å². The third-order valence-electron chi connectivity index (χ3n) is 5.66. The second-order valence-corrected chi connectivity index (χ2v) is 26.4. The first-order valence-electron chi connectivity index (χ1n) is 8.76. The lowest BCUT2D eigenvalue weighted by molar-refractivity contribution is -0.141. The van der Waals surface area contributed by atoms with Crippen molar-refractivity contribution in [1.82, 2.24) is 0 Å². The fourth-order valence-electron chi connectivity index (χ4n) is 5.16. The smallest absolute Gasteiger partial charge is 0.320 e. The SMILES string of the molecule is C[Si](C)(C)C(c1ccc(O)cc1)([C@](N)(C(=O)O)[Si](C)(C)C)[Si](C)(C)C. The summed E-state index contributed by atoms with van der Waals surface area (Å²) in [6.45, 7) is 19.6. The van der Waals surface area contributed by atoms with Gasteiger partial charge in [0.15, 0.2) is 0 Å². The third kappa shape index (κ3) is 3.15. The zero-order valence-corrected chi connectivity index (χ0v) is 20.2. The molecule has 0 spiro atoms. The van der Waals surface area contributed by atoms with Crippen LogP contribution in [0.15, 0.2) is 24.3 Å². The van der Waals surface area contributed by atoms with Gasteiger partial charge in [-0.05, 0) is 17.7 Å². The van der Waals surface area contributed by atoms with Gasteiger partial charge < -0.3 is 15.9 Å². The van der Waals surface area contributed by atoms with E-state index in [0.29, 0.717) is 0 Å². The molecule has 0 saturated heterocycles. The van der Waals surface area contributed by atoms with Crippen LogP contribution in [-0.4, -0.2) is 45.6 Å². The van der Waals surface area contributed by atoms with Crippen molar-refractivity contribution in [2.45, 2.75) is 68.7 Å². The number of nitrogens with two attached hydrogens (primary N) is 1. The van der Waals surface area contributed by atoms with E-state index in [1.165, 1.54) is 0 Å². The van der Waals surface area contributed by atoms with Crippen molar-refractivity contribution in [1.29, 1.82) is 0 Å². The van der Waals surface area contributed by atoms with Crippen molar-refractivity contribution >= 4 is 30.2 Å². The lowest BCUT2D eigenvalue weighted by Gasteiger charge is -2.63. The number of phenolic OH excluding ortho intramolecular Hbond substituents is 1. The number of aliphatic carboxylic acids is 1. The first-order chi connectivity index (χ1) is 10.9. The van der Waals surface area contributed by atoms with E-state index in [0.717, 1.165) is 5.56 Å². The lowest BCUT2D eigenvalue weighted by Crippen LogP contribution is -2.86. The normalized spacial score (nSPS) is 16.4. The molecule has 0 saturated carbocycles. The van der Waals surface area contributed by atoms with Crippen molar-refractivity contribution in [3.63, 3.8) is 0 Å². The average Bonchev–Trinajstić information content (AvgIpc) is 2.36. The summed E-state index contributed by atoms with van der Waals surface area (Å²) in [5.74, 6) is -0.695. The van der Waals surface area contributed by atoms with Gasteiger partial charge in [-0.3, -0.25) is 4.79 Å². The van der Waals surface area contributed by atoms with Crippen molar-refractivity contribution in [3.05, 3.63) is 29.8 Å². The van der Waals surface area contributed by atoms with Crippen LogP contribution in [0.2, 0.25) is 58.9 Å². The first kappa shape index (κ1) is 22.1. The summed E-state index contributed by atoms with van der Waals surface area (Å²) >= 11 is 0. The molecule has 4 nitrogen and oxygen atoms in total. The van der Waals surface area contributed by atoms with Gasteiger partial charge in [-0.1, -0.05) is 71.1 Å². The molecule has 7 heteroatoms. The number of hydrogen-bond donors (Lipinski definition) is 3. The van der Waals surface area contributed by atoms with Gasteiger partial charge in [-0.25, -0.2) is 0 Å². The van der Waals surface area contributed by atoms with Crippen LogP contribution in [0.4, 0.5) is 0 Å². The highest BCUT2D eigenvalue weighted by molar-refractivity contribution is 7.02. The van der Waals surface area contributed by atoms with Crippen LogP contribution >= 0.6 is 0 Å². The van der Waals surface area contributed by atoms with E-state index in [9.17, 15) is 15.0 Å². The number of carboxylic acids is 1. The molecule has 0 aliphatic rings. The van der Waals surface area contributed by atoms with E-state index in [2.05, 4.69) is 58.9 Å². The molecule has 0 heterocycles. The summed E-state index contributed by atoms with van der Waals surface area (Å²) in [7, 11) is -6.60. The molecule has 0 bridgehead atoms. The molecular weight excluding hydrogens is 362 g/mol. The van der Waals surface area contributed by atoms with Crippen molar-refractivity contribution < 1.29 is 15.0 Å². The molecule has 0 amide bonds. The molecule has 0 fully saturated rings. The van der Waals surface area contributed by atoms with E-state index in [1.807, 2.05) is 12.1 Å². The number of phenols is 1. The highest BCUT2D eigenvalue weighted by atomic mass is 28.4. The largest absolute Gasteiger partial charge is 0.508 e. The fraction of sp³-hybridized carbons (Fsp3) is 0.611. The molecule has 142 valence electrons. The van der Waals surface area contributed by atoms with Gasteiger partial charge in [0.1, 0.15) is 10.9 Å². The predicted molar refractivity (Wildman–Crippen MR) is 114 cm³/mol. The minimum Gasteiger partial charge on any atom is -0.508 e. The van der Waals surface area contributed by atoms with Crippen LogP contribution in [0.25, 0.3) is 0 Å². The highest BCUT2D eigenvalue weighted by Gasteiger charge is 2.70. The maximum atomic E-state index is 12.8. The Morgan fingerprint density at radius 1 is 0.840 bits per heavy atom. The van der Waals surface area contributed by atoms with Crippen LogP contribution in [0.5, 0.6) is 5.75 Å². The third-order valence-corrected chi connectivity index (χ3v) is 19.5. The summed E-state index contributed by atoms with van der Waals surface area (Å²) in [5, 5.41) is 18.9. The Morgan fingerprint density at radius 3 is 1.44 bits per heavy atom. The Balaban J connectivity index is 4.17. The molecule has 1 aromatic carbocycles. The number of benzene rings is 1. The zero-order chi connectivity index (χ0) is 20.1. The van der Waals surface area contributed by atoms with Gasteiger partial charge in [0.25, 0.3) is 0 Å². The quantitative estimate of drug-likeness (QED) is 0.632. The Morgan fingerprint density at radius 2 is 1.20 bits per heavy atom. The summed E-state index contributed by atoms with van der Waals surface area (Å²) in [4.78, 5) is 12.8. The molecule has 0 aliphatic carbocycles. The van der Waals surface area contributed by atoms with E-state index >= 15 is 0 Å². The molecular formula is C18H35NO3Si3. The molecule has 0 aliphatic heterocycles. The fourth-order valence-corrected chi connectivity index (χ4v) is 25.2. The van der Waals surface area contributed by atoms with Crippen LogP contribution in [-0.2, 0) is 9.46 Å². The summed E-state index contributed by atoms with van der Waals surface area (Å²) in [6.07, 6.45) is 0. The molecule has 1 aromatic rings. The predicted octanol–water partition coefficient (Wildman–Crippen LogP) is 4.04. The Kier molecular flexibility index (Phi) is 5.64. The van der Waals surface area contributed by atoms with E-state index in [-0.39, 0.29) is 5.75 Å². The average molecular weight is 398 g/mol. The van der Waals surface area contributed by atoms with E-state index in [1.54, 1.807) is 12.1 Å². The number of aromatic hydroxyl groups is 1. The minimum absolute atomic E-state index is 0.190. The Hall–Kier alpha value is -0.899. The van der Waals surface area contributed by atoms with Gasteiger partial charge >= 0.3 is 5.97 Å². The van der Waals surface area contributed by atoms with Crippen molar-refractivity contribution in [3.8, 4) is 5.75 Å². The molecule has 1 rings (SSSR count).